The summed E-state index contributed by atoms with van der Waals surface area (Å²) in [5.74, 6) is 0.388. The summed E-state index contributed by atoms with van der Waals surface area (Å²) in [6.45, 7) is 1.80. The third-order valence-electron chi connectivity index (χ3n) is 2.72. The summed E-state index contributed by atoms with van der Waals surface area (Å²) in [4.78, 5) is 11.7. The Labute approximate surface area is 108 Å². The smallest absolute Gasteiger partial charge is 0.224 e. The average molecular weight is 294 g/mol. The normalized spacial score (nSPS) is 14.8. The van der Waals surface area contributed by atoms with Gasteiger partial charge < -0.3 is 10.6 Å². The Hall–Kier alpha value is -1.38. The van der Waals surface area contributed by atoms with Crippen LogP contribution in [0.15, 0.2) is 22.7 Å². The predicted octanol–water partition coefficient (Wildman–Crippen LogP) is 1.87. The van der Waals surface area contributed by atoms with Crippen LogP contribution in [0.2, 0.25) is 0 Å². The van der Waals surface area contributed by atoms with Gasteiger partial charge in [0.1, 0.15) is 6.07 Å². The van der Waals surface area contributed by atoms with E-state index < -0.39 is 0 Å². The minimum absolute atomic E-state index is 0.0360. The fourth-order valence-corrected chi connectivity index (χ4v) is 2.03. The second-order valence-corrected chi connectivity index (χ2v) is 4.99. The third-order valence-corrected chi connectivity index (χ3v) is 3.21. The maximum Gasteiger partial charge on any atom is 0.224 e. The summed E-state index contributed by atoms with van der Waals surface area (Å²) in [5, 5.41) is 14.8. The fraction of sp³-hybridized carbons (Fsp3) is 0.333. The van der Waals surface area contributed by atoms with Crippen molar-refractivity contribution in [1.82, 2.24) is 5.32 Å². The number of nitrogens with zero attached hydrogens (tertiary/aromatic N) is 1. The Morgan fingerprint density at radius 3 is 2.94 bits per heavy atom. The van der Waals surface area contributed by atoms with Gasteiger partial charge in [-0.1, -0.05) is 15.9 Å². The van der Waals surface area contributed by atoms with Crippen LogP contribution in [0.25, 0.3) is 0 Å². The maximum absolute atomic E-state index is 11.7. The highest BCUT2D eigenvalue weighted by Gasteiger charge is 2.20. The molecule has 1 saturated heterocycles. The molecule has 0 spiro atoms. The zero-order valence-corrected chi connectivity index (χ0v) is 10.8. The average Bonchev–Trinajstić information content (AvgIpc) is 2.24. The van der Waals surface area contributed by atoms with Crippen LogP contribution >= 0.6 is 15.9 Å². The molecule has 1 fully saturated rings. The van der Waals surface area contributed by atoms with Crippen molar-refractivity contribution in [1.29, 1.82) is 5.26 Å². The topological polar surface area (TPSA) is 64.9 Å². The van der Waals surface area contributed by atoms with Gasteiger partial charge in [-0.15, -0.1) is 0 Å². The number of carbonyl (C=O) groups is 1. The molecule has 2 N–H and O–H groups in total. The Balaban J connectivity index is 2.04. The van der Waals surface area contributed by atoms with Crippen LogP contribution in [-0.2, 0) is 4.79 Å². The van der Waals surface area contributed by atoms with E-state index >= 15 is 0 Å². The molecule has 1 aromatic rings. The SMILES string of the molecule is N#Cc1ccc(Br)cc1NC(=O)CC1CNC1. The van der Waals surface area contributed by atoms with E-state index in [0.717, 1.165) is 17.6 Å². The predicted molar refractivity (Wildman–Crippen MR) is 68.5 cm³/mol. The summed E-state index contributed by atoms with van der Waals surface area (Å²) in [6, 6.07) is 7.27. The second-order valence-electron chi connectivity index (χ2n) is 4.08. The number of amides is 1. The van der Waals surface area contributed by atoms with Crippen molar-refractivity contribution in [2.24, 2.45) is 5.92 Å². The van der Waals surface area contributed by atoms with E-state index in [0.29, 0.717) is 23.6 Å². The number of halogens is 1. The first-order chi connectivity index (χ1) is 8.19. The van der Waals surface area contributed by atoms with Gasteiger partial charge in [-0.3, -0.25) is 4.79 Å². The van der Waals surface area contributed by atoms with E-state index in [4.69, 9.17) is 5.26 Å². The zero-order valence-electron chi connectivity index (χ0n) is 9.16. The molecule has 1 aromatic carbocycles. The van der Waals surface area contributed by atoms with Gasteiger partial charge in [-0.05, 0) is 37.2 Å². The lowest BCUT2D eigenvalue weighted by atomic mass is 9.99. The van der Waals surface area contributed by atoms with E-state index in [2.05, 4.69) is 32.6 Å². The zero-order chi connectivity index (χ0) is 12.3. The molecule has 5 heteroatoms. The van der Waals surface area contributed by atoms with Crippen LogP contribution in [0.3, 0.4) is 0 Å². The minimum Gasteiger partial charge on any atom is -0.325 e. The molecule has 0 unspecified atom stereocenters. The van der Waals surface area contributed by atoms with Crippen molar-refractivity contribution in [3.8, 4) is 6.07 Å². The Morgan fingerprint density at radius 1 is 1.59 bits per heavy atom. The van der Waals surface area contributed by atoms with Gasteiger partial charge in [-0.25, -0.2) is 0 Å². The molecule has 1 aliphatic heterocycles. The van der Waals surface area contributed by atoms with Gasteiger partial charge in [-0.2, -0.15) is 5.26 Å². The van der Waals surface area contributed by atoms with E-state index in [9.17, 15) is 4.79 Å². The Morgan fingerprint density at radius 2 is 2.35 bits per heavy atom. The molecule has 0 radical (unpaired) electrons. The van der Waals surface area contributed by atoms with E-state index in [1.807, 2.05) is 0 Å². The van der Waals surface area contributed by atoms with Crippen LogP contribution < -0.4 is 10.6 Å². The van der Waals surface area contributed by atoms with Crippen molar-refractivity contribution in [3.63, 3.8) is 0 Å². The van der Waals surface area contributed by atoms with Crippen LogP contribution in [0.1, 0.15) is 12.0 Å². The number of benzene rings is 1. The summed E-state index contributed by atoms with van der Waals surface area (Å²) >= 11 is 3.32. The molecule has 0 saturated carbocycles. The Kier molecular flexibility index (Phi) is 3.77. The van der Waals surface area contributed by atoms with Crippen LogP contribution in [0.5, 0.6) is 0 Å². The molecule has 0 aromatic heterocycles. The largest absolute Gasteiger partial charge is 0.325 e. The monoisotopic (exact) mass is 293 g/mol. The van der Waals surface area contributed by atoms with E-state index in [-0.39, 0.29) is 5.91 Å². The molecule has 0 atom stereocenters. The maximum atomic E-state index is 11.7. The lowest BCUT2D eigenvalue weighted by molar-refractivity contribution is -0.117. The molecule has 1 aliphatic rings. The summed E-state index contributed by atoms with van der Waals surface area (Å²) in [7, 11) is 0. The first kappa shape index (κ1) is 12.1. The number of carbonyl (C=O) groups excluding carboxylic acids is 1. The molecule has 4 nitrogen and oxygen atoms in total. The highest BCUT2D eigenvalue weighted by Crippen LogP contribution is 2.21. The highest BCUT2D eigenvalue weighted by molar-refractivity contribution is 9.10. The van der Waals surface area contributed by atoms with E-state index in [1.54, 1.807) is 18.2 Å². The summed E-state index contributed by atoms with van der Waals surface area (Å²) in [6.07, 6.45) is 0.504. The molecule has 0 bridgehead atoms. The van der Waals surface area contributed by atoms with Gasteiger partial charge in [0.2, 0.25) is 5.91 Å². The Bertz CT molecular complexity index is 477. The lowest BCUT2D eigenvalue weighted by Gasteiger charge is -2.26. The van der Waals surface area contributed by atoms with Crippen molar-refractivity contribution in [2.75, 3.05) is 18.4 Å². The molecule has 0 aliphatic carbocycles. The molecular formula is C12H12BrN3O. The summed E-state index contributed by atoms with van der Waals surface area (Å²) < 4.78 is 0.845. The minimum atomic E-state index is -0.0360. The molecular weight excluding hydrogens is 282 g/mol. The van der Waals surface area contributed by atoms with Crippen molar-refractivity contribution in [3.05, 3.63) is 28.2 Å². The van der Waals surface area contributed by atoms with Crippen molar-refractivity contribution >= 4 is 27.5 Å². The number of hydrogen-bond donors (Lipinski definition) is 2. The second kappa shape index (κ2) is 5.30. The molecule has 1 amide bonds. The lowest BCUT2D eigenvalue weighted by Crippen LogP contribution is -2.43. The first-order valence-electron chi connectivity index (χ1n) is 5.39. The van der Waals surface area contributed by atoms with Gasteiger partial charge in [0.25, 0.3) is 0 Å². The number of nitrogens with one attached hydrogen (secondary N) is 2. The molecule has 17 heavy (non-hydrogen) atoms. The number of nitriles is 1. The van der Waals surface area contributed by atoms with Crippen LogP contribution in [0.4, 0.5) is 5.69 Å². The fourth-order valence-electron chi connectivity index (χ4n) is 1.67. The first-order valence-corrected chi connectivity index (χ1v) is 6.18. The highest BCUT2D eigenvalue weighted by atomic mass is 79.9. The number of hydrogen-bond acceptors (Lipinski definition) is 3. The number of anilines is 1. The van der Waals surface area contributed by atoms with Gasteiger partial charge in [0.05, 0.1) is 11.3 Å². The van der Waals surface area contributed by atoms with Gasteiger partial charge >= 0.3 is 0 Å². The van der Waals surface area contributed by atoms with Crippen LogP contribution in [0, 0.1) is 17.2 Å². The number of rotatable bonds is 3. The quantitative estimate of drug-likeness (QED) is 0.894. The molecule has 88 valence electrons. The van der Waals surface area contributed by atoms with E-state index in [1.165, 1.54) is 0 Å². The van der Waals surface area contributed by atoms with Gasteiger partial charge in [0, 0.05) is 10.9 Å². The molecule has 2 rings (SSSR count). The van der Waals surface area contributed by atoms with Crippen LogP contribution in [-0.4, -0.2) is 19.0 Å². The van der Waals surface area contributed by atoms with Crippen molar-refractivity contribution < 1.29 is 4.79 Å². The van der Waals surface area contributed by atoms with Crippen molar-refractivity contribution in [2.45, 2.75) is 6.42 Å². The standard InChI is InChI=1S/C12H12BrN3O/c13-10-2-1-9(5-14)11(4-10)16-12(17)3-8-6-15-7-8/h1-2,4,8,15H,3,6-7H2,(H,16,17). The van der Waals surface area contributed by atoms with Gasteiger partial charge in [0.15, 0.2) is 0 Å². The molecule has 1 heterocycles. The summed E-state index contributed by atoms with van der Waals surface area (Å²) in [5.41, 5.74) is 1.05. The third kappa shape index (κ3) is 3.05.